The first kappa shape index (κ1) is 13.6. The second-order valence-corrected chi connectivity index (χ2v) is 5.65. The van der Waals surface area contributed by atoms with E-state index < -0.39 is 11.7 Å². The van der Waals surface area contributed by atoms with Crippen molar-refractivity contribution in [3.05, 3.63) is 18.0 Å². The molecular weight excluding hydrogens is 246 g/mol. The van der Waals surface area contributed by atoms with E-state index in [2.05, 4.69) is 5.10 Å². The van der Waals surface area contributed by atoms with Crippen molar-refractivity contribution in [1.82, 2.24) is 14.7 Å². The van der Waals surface area contributed by atoms with Crippen molar-refractivity contribution in [1.29, 1.82) is 0 Å². The molecule has 0 saturated carbocycles. The van der Waals surface area contributed by atoms with Crippen molar-refractivity contribution in [2.75, 3.05) is 13.1 Å². The summed E-state index contributed by atoms with van der Waals surface area (Å²) in [5.41, 5.74) is -0.157. The predicted molar refractivity (Wildman–Crippen MR) is 69.0 cm³/mol. The fraction of sp³-hybridized carbons (Fsp3) is 0.615. The molecule has 1 aromatic heterocycles. The van der Waals surface area contributed by atoms with Crippen LogP contribution in [0.25, 0.3) is 0 Å². The summed E-state index contributed by atoms with van der Waals surface area (Å²) in [4.78, 5) is 25.6. The Morgan fingerprint density at radius 3 is 2.47 bits per heavy atom. The Labute approximate surface area is 112 Å². The van der Waals surface area contributed by atoms with Crippen LogP contribution in [0, 0.1) is 0 Å². The van der Waals surface area contributed by atoms with Crippen molar-refractivity contribution >= 4 is 12.0 Å². The molecule has 6 nitrogen and oxygen atoms in total. The van der Waals surface area contributed by atoms with E-state index in [0.717, 1.165) is 30.6 Å². The van der Waals surface area contributed by atoms with E-state index in [1.54, 1.807) is 25.7 Å². The Morgan fingerprint density at radius 2 is 1.89 bits per heavy atom. The van der Waals surface area contributed by atoms with Crippen LogP contribution in [-0.4, -0.2) is 45.4 Å². The zero-order valence-electron chi connectivity index (χ0n) is 11.5. The number of hydrogen-bond acceptors (Lipinski definition) is 4. The standard InChI is InChI=1S/C13H19N3O3/c1-13(2,3)19-12(18)16-9-10(8-14-16)11(17)15-6-4-5-7-15/h8-9H,4-7H2,1-3H3. The van der Waals surface area contributed by atoms with Crippen LogP contribution < -0.4 is 0 Å². The maximum atomic E-state index is 12.1. The summed E-state index contributed by atoms with van der Waals surface area (Å²) in [7, 11) is 0. The summed E-state index contributed by atoms with van der Waals surface area (Å²) >= 11 is 0. The number of ether oxygens (including phenoxy) is 1. The van der Waals surface area contributed by atoms with E-state index >= 15 is 0 Å². The molecule has 19 heavy (non-hydrogen) atoms. The van der Waals surface area contributed by atoms with Gasteiger partial charge in [-0.15, -0.1) is 0 Å². The van der Waals surface area contributed by atoms with E-state index in [1.807, 2.05) is 0 Å². The molecule has 6 heteroatoms. The third-order valence-electron chi connectivity index (χ3n) is 2.80. The summed E-state index contributed by atoms with van der Waals surface area (Å²) in [6, 6.07) is 0. The number of hydrogen-bond donors (Lipinski definition) is 0. The second kappa shape index (κ2) is 5.03. The zero-order chi connectivity index (χ0) is 14.0. The molecular formula is C13H19N3O3. The number of nitrogens with zero attached hydrogens (tertiary/aromatic N) is 3. The third kappa shape index (κ3) is 3.33. The zero-order valence-corrected chi connectivity index (χ0v) is 11.5. The minimum atomic E-state index is -0.581. The first-order valence-electron chi connectivity index (χ1n) is 6.44. The lowest BCUT2D eigenvalue weighted by Crippen LogP contribution is -2.28. The average Bonchev–Trinajstić information content (AvgIpc) is 2.98. The molecule has 0 aliphatic carbocycles. The molecule has 0 aromatic carbocycles. The molecule has 1 aliphatic rings. The highest BCUT2D eigenvalue weighted by molar-refractivity contribution is 5.94. The van der Waals surface area contributed by atoms with Crippen molar-refractivity contribution in [2.24, 2.45) is 0 Å². The first-order valence-corrected chi connectivity index (χ1v) is 6.44. The van der Waals surface area contributed by atoms with Gasteiger partial charge in [-0.2, -0.15) is 9.78 Å². The Bertz CT molecular complexity index is 482. The predicted octanol–water partition coefficient (Wildman–Crippen LogP) is 1.90. The smallest absolute Gasteiger partial charge is 0.435 e. The molecule has 1 fully saturated rings. The van der Waals surface area contributed by atoms with Gasteiger partial charge < -0.3 is 9.64 Å². The molecule has 0 radical (unpaired) electrons. The molecule has 0 atom stereocenters. The second-order valence-electron chi connectivity index (χ2n) is 5.65. The van der Waals surface area contributed by atoms with Gasteiger partial charge in [0.2, 0.25) is 0 Å². The van der Waals surface area contributed by atoms with Gasteiger partial charge in [-0.25, -0.2) is 4.79 Å². The van der Waals surface area contributed by atoms with Crippen molar-refractivity contribution < 1.29 is 14.3 Å². The number of likely N-dealkylation sites (tertiary alicyclic amines) is 1. The monoisotopic (exact) mass is 265 g/mol. The van der Waals surface area contributed by atoms with E-state index in [0.29, 0.717) is 5.56 Å². The average molecular weight is 265 g/mol. The number of amides is 1. The van der Waals surface area contributed by atoms with Crippen LogP contribution in [-0.2, 0) is 4.74 Å². The summed E-state index contributed by atoms with van der Waals surface area (Å²) in [6.45, 7) is 6.90. The third-order valence-corrected chi connectivity index (χ3v) is 2.80. The van der Waals surface area contributed by atoms with Crippen LogP contribution in [0.5, 0.6) is 0 Å². The number of carbonyl (C=O) groups is 2. The lowest BCUT2D eigenvalue weighted by Gasteiger charge is -2.18. The fourth-order valence-electron chi connectivity index (χ4n) is 1.94. The Morgan fingerprint density at radius 1 is 1.26 bits per heavy atom. The fourth-order valence-corrected chi connectivity index (χ4v) is 1.94. The summed E-state index contributed by atoms with van der Waals surface area (Å²) in [6.07, 6.45) is 4.32. The molecule has 1 saturated heterocycles. The summed E-state index contributed by atoms with van der Waals surface area (Å²) in [5.74, 6) is -0.0766. The van der Waals surface area contributed by atoms with Crippen LogP contribution in [0.15, 0.2) is 12.4 Å². The molecule has 2 heterocycles. The Balaban J connectivity index is 2.06. The van der Waals surface area contributed by atoms with E-state index in [4.69, 9.17) is 4.74 Å². The summed E-state index contributed by atoms with van der Waals surface area (Å²) in [5, 5.41) is 3.89. The van der Waals surface area contributed by atoms with E-state index in [-0.39, 0.29) is 5.91 Å². The highest BCUT2D eigenvalue weighted by Gasteiger charge is 2.23. The Kier molecular flexibility index (Phi) is 3.59. The maximum absolute atomic E-state index is 12.1. The van der Waals surface area contributed by atoms with Gasteiger partial charge in [-0.05, 0) is 33.6 Å². The van der Waals surface area contributed by atoms with E-state index in [1.165, 1.54) is 12.4 Å². The molecule has 0 N–H and O–H groups in total. The van der Waals surface area contributed by atoms with Gasteiger partial charge in [0.25, 0.3) is 5.91 Å². The van der Waals surface area contributed by atoms with Crippen LogP contribution in [0.2, 0.25) is 0 Å². The quantitative estimate of drug-likeness (QED) is 0.778. The van der Waals surface area contributed by atoms with Crippen LogP contribution >= 0.6 is 0 Å². The van der Waals surface area contributed by atoms with Gasteiger partial charge in [-0.3, -0.25) is 4.79 Å². The number of rotatable bonds is 1. The van der Waals surface area contributed by atoms with Crippen molar-refractivity contribution in [2.45, 2.75) is 39.2 Å². The van der Waals surface area contributed by atoms with Crippen LogP contribution in [0.1, 0.15) is 44.0 Å². The molecule has 0 unspecified atom stereocenters. The van der Waals surface area contributed by atoms with Gasteiger partial charge >= 0.3 is 6.09 Å². The maximum Gasteiger partial charge on any atom is 0.435 e. The SMILES string of the molecule is CC(C)(C)OC(=O)n1cc(C(=O)N2CCCC2)cn1. The molecule has 2 rings (SSSR count). The molecule has 1 aromatic rings. The normalized spacial score (nSPS) is 15.6. The molecule has 1 amide bonds. The largest absolute Gasteiger partial charge is 0.442 e. The highest BCUT2D eigenvalue weighted by Crippen LogP contribution is 2.13. The van der Waals surface area contributed by atoms with Crippen molar-refractivity contribution in [3.8, 4) is 0 Å². The molecule has 0 spiro atoms. The van der Waals surface area contributed by atoms with Crippen LogP contribution in [0.3, 0.4) is 0 Å². The van der Waals surface area contributed by atoms with Gasteiger partial charge in [-0.1, -0.05) is 0 Å². The molecule has 0 bridgehead atoms. The number of aromatic nitrogens is 2. The first-order chi connectivity index (χ1) is 8.87. The molecule has 104 valence electrons. The van der Waals surface area contributed by atoms with Gasteiger partial charge in [0, 0.05) is 13.1 Å². The lowest BCUT2D eigenvalue weighted by atomic mass is 10.2. The summed E-state index contributed by atoms with van der Waals surface area (Å²) < 4.78 is 6.24. The minimum absolute atomic E-state index is 0.0766. The van der Waals surface area contributed by atoms with E-state index in [9.17, 15) is 9.59 Å². The van der Waals surface area contributed by atoms with Crippen LogP contribution in [0.4, 0.5) is 4.79 Å². The van der Waals surface area contributed by atoms with Gasteiger partial charge in [0.1, 0.15) is 5.60 Å². The van der Waals surface area contributed by atoms with Gasteiger partial charge in [0.05, 0.1) is 18.0 Å². The minimum Gasteiger partial charge on any atom is -0.442 e. The topological polar surface area (TPSA) is 64.4 Å². The van der Waals surface area contributed by atoms with Crippen molar-refractivity contribution in [3.63, 3.8) is 0 Å². The lowest BCUT2D eigenvalue weighted by molar-refractivity contribution is 0.0514. The van der Waals surface area contributed by atoms with Gasteiger partial charge in [0.15, 0.2) is 0 Å². The highest BCUT2D eigenvalue weighted by atomic mass is 16.6. The Hall–Kier alpha value is -1.85. The number of carbonyl (C=O) groups excluding carboxylic acids is 2. The molecule has 1 aliphatic heterocycles.